The van der Waals surface area contributed by atoms with Gasteiger partial charge in [-0.3, -0.25) is 9.36 Å². The summed E-state index contributed by atoms with van der Waals surface area (Å²) >= 11 is 0. The largest absolute Gasteiger partial charge is 0.345 e. The van der Waals surface area contributed by atoms with Crippen molar-refractivity contribution in [3.8, 4) is 5.69 Å². The topological polar surface area (TPSA) is 72.9 Å². The van der Waals surface area contributed by atoms with Gasteiger partial charge in [-0.15, -0.1) is 0 Å². The first-order valence-corrected chi connectivity index (χ1v) is 8.66. The van der Waals surface area contributed by atoms with Gasteiger partial charge in [0.15, 0.2) is 0 Å². The van der Waals surface area contributed by atoms with Gasteiger partial charge in [0.05, 0.1) is 16.6 Å². The minimum atomic E-state index is -0.309. The van der Waals surface area contributed by atoms with E-state index in [1.807, 2.05) is 60.0 Å². The van der Waals surface area contributed by atoms with Crippen LogP contribution in [0.15, 0.2) is 54.9 Å². The zero-order valence-corrected chi connectivity index (χ0v) is 14.3. The molecule has 5 nitrogen and oxygen atoms in total. The first-order chi connectivity index (χ1) is 12.1. The van der Waals surface area contributed by atoms with E-state index < -0.39 is 0 Å². The molecule has 0 spiro atoms. The van der Waals surface area contributed by atoms with Crippen molar-refractivity contribution in [3.05, 3.63) is 60.4 Å². The number of imidazole rings is 1. The number of carbonyl (C=O) groups is 1. The highest BCUT2D eigenvalue weighted by molar-refractivity contribution is 5.95. The second-order valence-electron chi connectivity index (χ2n) is 7.00. The lowest BCUT2D eigenvalue weighted by molar-refractivity contribution is 0.0898. The Labute approximate surface area is 146 Å². The van der Waals surface area contributed by atoms with Gasteiger partial charge in [-0.1, -0.05) is 12.1 Å². The van der Waals surface area contributed by atoms with Gasteiger partial charge in [-0.05, 0) is 62.1 Å². The molecule has 25 heavy (non-hydrogen) atoms. The van der Waals surface area contributed by atoms with Crippen molar-refractivity contribution in [2.24, 2.45) is 11.7 Å². The van der Waals surface area contributed by atoms with Crippen LogP contribution in [0, 0.1) is 5.92 Å². The molecule has 3 aromatic rings. The predicted octanol–water partition coefficient (Wildman–Crippen LogP) is 2.88. The lowest BCUT2D eigenvalue weighted by Gasteiger charge is -2.29. The number of carbonyl (C=O) groups excluding carboxylic acids is 1. The van der Waals surface area contributed by atoms with E-state index in [1.54, 1.807) is 6.33 Å². The third-order valence-electron chi connectivity index (χ3n) is 5.16. The van der Waals surface area contributed by atoms with Crippen LogP contribution in [0.3, 0.4) is 0 Å². The Hall–Kier alpha value is -2.66. The summed E-state index contributed by atoms with van der Waals surface area (Å²) in [6.07, 6.45) is 4.08. The quantitative estimate of drug-likeness (QED) is 0.753. The molecule has 1 fully saturated rings. The lowest BCUT2D eigenvalue weighted by Crippen LogP contribution is -2.53. The predicted molar refractivity (Wildman–Crippen MR) is 98.7 cm³/mol. The molecule has 0 bridgehead atoms. The van der Waals surface area contributed by atoms with Crippen LogP contribution in [-0.4, -0.2) is 27.5 Å². The van der Waals surface area contributed by atoms with E-state index in [0.29, 0.717) is 18.0 Å². The minimum Gasteiger partial charge on any atom is -0.345 e. The average molecular weight is 334 g/mol. The van der Waals surface area contributed by atoms with Gasteiger partial charge in [0, 0.05) is 17.8 Å². The fraction of sp³-hybridized carbons (Fsp3) is 0.300. The third-order valence-corrected chi connectivity index (χ3v) is 5.16. The van der Waals surface area contributed by atoms with E-state index >= 15 is 0 Å². The zero-order valence-electron chi connectivity index (χ0n) is 14.3. The van der Waals surface area contributed by atoms with Crippen molar-refractivity contribution in [1.29, 1.82) is 0 Å². The maximum absolute atomic E-state index is 12.6. The van der Waals surface area contributed by atoms with Gasteiger partial charge < -0.3 is 11.1 Å². The Kier molecular flexibility index (Phi) is 3.81. The monoisotopic (exact) mass is 334 g/mol. The molecule has 1 aliphatic carbocycles. The van der Waals surface area contributed by atoms with Crippen molar-refractivity contribution in [1.82, 2.24) is 14.9 Å². The van der Waals surface area contributed by atoms with Crippen LogP contribution >= 0.6 is 0 Å². The van der Waals surface area contributed by atoms with Crippen LogP contribution in [0.2, 0.25) is 0 Å². The molecule has 2 aromatic carbocycles. The first-order valence-electron chi connectivity index (χ1n) is 8.66. The van der Waals surface area contributed by atoms with Crippen molar-refractivity contribution in [2.75, 3.05) is 6.54 Å². The van der Waals surface area contributed by atoms with E-state index in [2.05, 4.69) is 10.3 Å². The highest BCUT2D eigenvalue weighted by Crippen LogP contribution is 2.39. The molecule has 1 aromatic heterocycles. The van der Waals surface area contributed by atoms with Gasteiger partial charge in [0.25, 0.3) is 5.91 Å². The van der Waals surface area contributed by atoms with Crippen LogP contribution in [0.4, 0.5) is 0 Å². The van der Waals surface area contributed by atoms with Gasteiger partial charge in [0.1, 0.15) is 6.33 Å². The standard InChI is InChI=1S/C20H22N4O/c1-20(12-21,15-8-9-15)23-19(25)14-6-10-16(11-7-14)24-13-22-17-4-2-3-5-18(17)24/h2-7,10-11,13,15H,8-9,12,21H2,1H3,(H,23,25). The molecule has 1 saturated carbocycles. The molecule has 4 rings (SSSR count). The number of aromatic nitrogens is 2. The zero-order chi connectivity index (χ0) is 17.4. The average Bonchev–Trinajstić information content (AvgIpc) is 3.42. The molecule has 1 unspecified atom stereocenters. The molecule has 1 aliphatic rings. The number of hydrogen-bond acceptors (Lipinski definition) is 3. The fourth-order valence-corrected chi connectivity index (χ4v) is 3.31. The molecule has 128 valence electrons. The van der Waals surface area contributed by atoms with Gasteiger partial charge in [-0.25, -0.2) is 4.98 Å². The van der Waals surface area contributed by atoms with Crippen molar-refractivity contribution < 1.29 is 4.79 Å². The van der Waals surface area contributed by atoms with Crippen LogP contribution in [0.25, 0.3) is 16.7 Å². The highest BCUT2D eigenvalue weighted by Gasteiger charge is 2.41. The molecule has 1 amide bonds. The van der Waals surface area contributed by atoms with E-state index in [-0.39, 0.29) is 11.4 Å². The second-order valence-corrected chi connectivity index (χ2v) is 7.00. The van der Waals surface area contributed by atoms with Crippen LogP contribution in [0.5, 0.6) is 0 Å². The summed E-state index contributed by atoms with van der Waals surface area (Å²) in [7, 11) is 0. The number of hydrogen-bond donors (Lipinski definition) is 2. The Morgan fingerprint density at radius 1 is 1.24 bits per heavy atom. The van der Waals surface area contributed by atoms with Gasteiger partial charge in [-0.2, -0.15) is 0 Å². The Bertz CT molecular complexity index is 911. The maximum atomic E-state index is 12.6. The molecule has 0 saturated heterocycles. The summed E-state index contributed by atoms with van der Waals surface area (Å²) in [5.74, 6) is 0.430. The summed E-state index contributed by atoms with van der Waals surface area (Å²) in [6.45, 7) is 2.50. The molecule has 3 N–H and O–H groups in total. The molecule has 5 heteroatoms. The molecule has 1 atom stereocenters. The van der Waals surface area contributed by atoms with Crippen LogP contribution in [-0.2, 0) is 0 Å². The van der Waals surface area contributed by atoms with Crippen LogP contribution < -0.4 is 11.1 Å². The number of amides is 1. The van der Waals surface area contributed by atoms with Crippen LogP contribution in [0.1, 0.15) is 30.1 Å². The van der Waals surface area contributed by atoms with Crippen molar-refractivity contribution in [3.63, 3.8) is 0 Å². The minimum absolute atomic E-state index is 0.0677. The summed E-state index contributed by atoms with van der Waals surface area (Å²) in [5.41, 5.74) is 9.21. The second kappa shape index (κ2) is 6.01. The molecular formula is C20H22N4O. The van der Waals surface area contributed by atoms with E-state index in [4.69, 9.17) is 5.73 Å². The van der Waals surface area contributed by atoms with Gasteiger partial charge in [0.2, 0.25) is 0 Å². The summed E-state index contributed by atoms with van der Waals surface area (Å²) in [5, 5.41) is 3.12. The number of para-hydroxylation sites is 2. The number of fused-ring (bicyclic) bond motifs is 1. The Morgan fingerprint density at radius 2 is 1.96 bits per heavy atom. The van der Waals surface area contributed by atoms with Crippen molar-refractivity contribution in [2.45, 2.75) is 25.3 Å². The number of nitrogens with zero attached hydrogens (tertiary/aromatic N) is 2. The summed E-state index contributed by atoms with van der Waals surface area (Å²) in [6, 6.07) is 15.6. The van der Waals surface area contributed by atoms with E-state index in [9.17, 15) is 4.79 Å². The fourth-order valence-electron chi connectivity index (χ4n) is 3.31. The number of nitrogens with one attached hydrogen (secondary N) is 1. The van der Waals surface area contributed by atoms with Crippen molar-refractivity contribution >= 4 is 16.9 Å². The smallest absolute Gasteiger partial charge is 0.251 e. The Balaban J connectivity index is 1.56. The molecule has 0 radical (unpaired) electrons. The number of benzene rings is 2. The van der Waals surface area contributed by atoms with Gasteiger partial charge >= 0.3 is 0 Å². The van der Waals surface area contributed by atoms with E-state index in [0.717, 1.165) is 29.6 Å². The molecule has 1 heterocycles. The lowest BCUT2D eigenvalue weighted by atomic mass is 9.95. The number of rotatable bonds is 5. The first kappa shape index (κ1) is 15.8. The maximum Gasteiger partial charge on any atom is 0.251 e. The molecule has 0 aliphatic heterocycles. The Morgan fingerprint density at radius 3 is 2.64 bits per heavy atom. The highest BCUT2D eigenvalue weighted by atomic mass is 16.1. The summed E-state index contributed by atoms with van der Waals surface area (Å²) in [4.78, 5) is 17.0. The normalized spacial score (nSPS) is 16.6. The summed E-state index contributed by atoms with van der Waals surface area (Å²) < 4.78 is 2.02. The third kappa shape index (κ3) is 2.91. The SMILES string of the molecule is CC(CN)(NC(=O)c1ccc(-n2cnc3ccccc32)cc1)C1CC1. The number of nitrogens with two attached hydrogens (primary N) is 1. The molecular weight excluding hydrogens is 312 g/mol. The van der Waals surface area contributed by atoms with E-state index in [1.165, 1.54) is 0 Å².